The van der Waals surface area contributed by atoms with Crippen molar-refractivity contribution in [3.8, 4) is 5.75 Å². The molecule has 0 aliphatic heterocycles. The third-order valence-corrected chi connectivity index (χ3v) is 3.22. The van der Waals surface area contributed by atoms with Gasteiger partial charge in [-0.2, -0.15) is 0 Å². The zero-order chi connectivity index (χ0) is 15.2. The molecule has 0 spiro atoms. The minimum absolute atomic E-state index is 0.0220. The number of carbonyl (C=O) groups excluding carboxylic acids is 1. The Kier molecular flexibility index (Phi) is 5.11. The van der Waals surface area contributed by atoms with Crippen LogP contribution < -0.4 is 10.1 Å². The summed E-state index contributed by atoms with van der Waals surface area (Å²) in [7, 11) is 1.59. The number of ether oxygens (including phenoxy) is 1. The van der Waals surface area contributed by atoms with E-state index in [9.17, 15) is 9.18 Å². The summed E-state index contributed by atoms with van der Waals surface area (Å²) in [5.41, 5.74) is 1.00. The van der Waals surface area contributed by atoms with Gasteiger partial charge >= 0.3 is 0 Å². The van der Waals surface area contributed by atoms with Gasteiger partial charge in [-0.1, -0.05) is 29.8 Å². The third-order valence-electron chi connectivity index (χ3n) is 2.92. The molecule has 1 amide bonds. The molecule has 0 aliphatic carbocycles. The fourth-order valence-corrected chi connectivity index (χ4v) is 2.09. The monoisotopic (exact) mass is 308 g/mol. The molecule has 0 saturated carbocycles. The Bertz CT molecular complexity index is 649. The first-order valence-electron chi connectivity index (χ1n) is 6.33. The van der Waals surface area contributed by atoms with Crippen LogP contribution in [0.2, 0.25) is 5.15 Å². The lowest BCUT2D eigenvalue weighted by atomic mass is 10.1. The van der Waals surface area contributed by atoms with Crippen molar-refractivity contribution in [2.45, 2.75) is 6.42 Å². The topological polar surface area (TPSA) is 51.2 Å². The Morgan fingerprint density at radius 1 is 1.43 bits per heavy atom. The molecule has 0 fully saturated rings. The van der Waals surface area contributed by atoms with Crippen LogP contribution in [0.15, 0.2) is 36.5 Å². The number of amides is 1. The van der Waals surface area contributed by atoms with Gasteiger partial charge in [0.2, 0.25) is 0 Å². The second kappa shape index (κ2) is 7.04. The smallest absolute Gasteiger partial charge is 0.254 e. The first-order valence-corrected chi connectivity index (χ1v) is 6.70. The maximum Gasteiger partial charge on any atom is 0.254 e. The van der Waals surface area contributed by atoms with Crippen LogP contribution in [-0.2, 0) is 6.42 Å². The van der Waals surface area contributed by atoms with Crippen molar-refractivity contribution in [2.24, 2.45) is 0 Å². The van der Waals surface area contributed by atoms with Gasteiger partial charge in [-0.25, -0.2) is 9.37 Å². The number of hydrogen-bond donors (Lipinski definition) is 1. The number of methoxy groups -OCH3 is 1. The summed E-state index contributed by atoms with van der Waals surface area (Å²) in [6.07, 6.45) is 1.56. The Morgan fingerprint density at radius 2 is 2.19 bits per heavy atom. The van der Waals surface area contributed by atoms with E-state index in [4.69, 9.17) is 16.3 Å². The van der Waals surface area contributed by atoms with Crippen molar-refractivity contribution in [3.05, 3.63) is 58.6 Å². The van der Waals surface area contributed by atoms with Gasteiger partial charge in [0, 0.05) is 6.54 Å². The Labute approximate surface area is 126 Å². The number of nitrogens with zero attached hydrogens (tertiary/aromatic N) is 1. The van der Waals surface area contributed by atoms with E-state index >= 15 is 0 Å². The van der Waals surface area contributed by atoms with Crippen LogP contribution in [0.3, 0.4) is 0 Å². The minimum Gasteiger partial charge on any atom is -0.496 e. The zero-order valence-electron chi connectivity index (χ0n) is 11.4. The lowest BCUT2D eigenvalue weighted by Crippen LogP contribution is -2.26. The van der Waals surface area contributed by atoms with Crippen LogP contribution in [-0.4, -0.2) is 24.5 Å². The number of benzene rings is 1. The second-order valence-corrected chi connectivity index (χ2v) is 4.67. The van der Waals surface area contributed by atoms with E-state index in [1.54, 1.807) is 7.11 Å². The van der Waals surface area contributed by atoms with Gasteiger partial charge in [0.1, 0.15) is 16.7 Å². The molecule has 0 saturated heterocycles. The van der Waals surface area contributed by atoms with Gasteiger partial charge < -0.3 is 10.1 Å². The highest BCUT2D eigenvalue weighted by molar-refractivity contribution is 6.32. The summed E-state index contributed by atoms with van der Waals surface area (Å²) in [6.45, 7) is 0.381. The number of para-hydroxylation sites is 1. The van der Waals surface area contributed by atoms with Gasteiger partial charge in [0.05, 0.1) is 18.9 Å². The largest absolute Gasteiger partial charge is 0.496 e. The van der Waals surface area contributed by atoms with Gasteiger partial charge in [-0.3, -0.25) is 4.79 Å². The van der Waals surface area contributed by atoms with Crippen molar-refractivity contribution in [1.29, 1.82) is 0 Å². The highest BCUT2D eigenvalue weighted by Gasteiger charge is 2.12. The molecule has 1 aromatic carbocycles. The second-order valence-electron chi connectivity index (χ2n) is 4.31. The molecule has 0 bridgehead atoms. The van der Waals surface area contributed by atoms with Crippen molar-refractivity contribution in [3.63, 3.8) is 0 Å². The van der Waals surface area contributed by atoms with E-state index < -0.39 is 11.7 Å². The van der Waals surface area contributed by atoms with Crippen molar-refractivity contribution >= 4 is 17.5 Å². The molecule has 0 unspecified atom stereocenters. The molecule has 2 aromatic rings. The molecule has 0 atom stereocenters. The summed E-state index contributed by atoms with van der Waals surface area (Å²) in [5.74, 6) is -0.298. The SMILES string of the molecule is COc1ccccc1CCNC(=O)c1cc(F)cnc1Cl. The number of carbonyl (C=O) groups is 1. The van der Waals surface area contributed by atoms with Crippen molar-refractivity contribution in [1.82, 2.24) is 10.3 Å². The van der Waals surface area contributed by atoms with E-state index in [1.165, 1.54) is 0 Å². The Balaban J connectivity index is 1.97. The summed E-state index contributed by atoms with van der Waals surface area (Å²) in [5, 5.41) is 2.66. The Hall–Kier alpha value is -2.14. The van der Waals surface area contributed by atoms with Crippen LogP contribution >= 0.6 is 11.6 Å². The van der Waals surface area contributed by atoms with Crippen LogP contribution in [0, 0.1) is 5.82 Å². The first kappa shape index (κ1) is 15.3. The normalized spacial score (nSPS) is 10.2. The van der Waals surface area contributed by atoms with E-state index in [-0.39, 0.29) is 10.7 Å². The molecule has 0 aliphatic rings. The van der Waals surface area contributed by atoms with Gasteiger partial charge in [0.25, 0.3) is 5.91 Å². The van der Waals surface area contributed by atoms with Crippen molar-refractivity contribution < 1.29 is 13.9 Å². The predicted octanol–water partition coefficient (Wildman–Crippen LogP) is 2.86. The summed E-state index contributed by atoms with van der Waals surface area (Å²) in [4.78, 5) is 15.5. The fraction of sp³-hybridized carbons (Fsp3) is 0.200. The molecule has 0 radical (unpaired) electrons. The molecule has 6 heteroatoms. The average molecular weight is 309 g/mol. The lowest BCUT2D eigenvalue weighted by Gasteiger charge is -2.09. The molecule has 1 heterocycles. The fourth-order valence-electron chi connectivity index (χ4n) is 1.90. The zero-order valence-corrected chi connectivity index (χ0v) is 12.2. The average Bonchev–Trinajstić information content (AvgIpc) is 2.50. The predicted molar refractivity (Wildman–Crippen MR) is 78.2 cm³/mol. The highest BCUT2D eigenvalue weighted by Crippen LogP contribution is 2.17. The molecule has 1 aromatic heterocycles. The number of nitrogens with one attached hydrogen (secondary N) is 1. The molecular weight excluding hydrogens is 295 g/mol. The van der Waals surface area contributed by atoms with E-state index in [2.05, 4.69) is 10.3 Å². The standard InChI is InChI=1S/C15H14ClFN2O2/c1-21-13-5-3-2-4-10(13)6-7-18-15(20)12-8-11(17)9-19-14(12)16/h2-5,8-9H,6-7H2,1H3,(H,18,20). The molecule has 110 valence electrons. The Morgan fingerprint density at radius 3 is 2.95 bits per heavy atom. The highest BCUT2D eigenvalue weighted by atomic mass is 35.5. The number of hydrogen-bond acceptors (Lipinski definition) is 3. The van der Waals surface area contributed by atoms with Crippen LogP contribution in [0.1, 0.15) is 15.9 Å². The first-order chi connectivity index (χ1) is 10.1. The van der Waals surface area contributed by atoms with Crippen LogP contribution in [0.5, 0.6) is 5.75 Å². The number of halogens is 2. The van der Waals surface area contributed by atoms with E-state index in [0.29, 0.717) is 13.0 Å². The number of aromatic nitrogens is 1. The van der Waals surface area contributed by atoms with Crippen LogP contribution in [0.25, 0.3) is 0 Å². The summed E-state index contributed by atoms with van der Waals surface area (Å²) in [6, 6.07) is 8.60. The van der Waals surface area contributed by atoms with Crippen LogP contribution in [0.4, 0.5) is 4.39 Å². The van der Waals surface area contributed by atoms with Crippen molar-refractivity contribution in [2.75, 3.05) is 13.7 Å². The van der Waals surface area contributed by atoms with Gasteiger partial charge in [0.15, 0.2) is 0 Å². The molecule has 1 N–H and O–H groups in total. The molecule has 4 nitrogen and oxygen atoms in total. The lowest BCUT2D eigenvalue weighted by molar-refractivity contribution is 0.0953. The summed E-state index contributed by atoms with van der Waals surface area (Å²) < 4.78 is 18.3. The summed E-state index contributed by atoms with van der Waals surface area (Å²) >= 11 is 5.78. The van der Waals surface area contributed by atoms with E-state index in [1.807, 2.05) is 24.3 Å². The van der Waals surface area contributed by atoms with E-state index in [0.717, 1.165) is 23.6 Å². The molecule has 2 rings (SSSR count). The molecular formula is C15H14ClFN2O2. The quantitative estimate of drug-likeness (QED) is 0.864. The maximum absolute atomic E-state index is 13.1. The maximum atomic E-state index is 13.1. The minimum atomic E-state index is -0.603. The van der Waals surface area contributed by atoms with Gasteiger partial charge in [-0.15, -0.1) is 0 Å². The van der Waals surface area contributed by atoms with Gasteiger partial charge in [-0.05, 0) is 24.1 Å². The number of rotatable bonds is 5. The molecule has 21 heavy (non-hydrogen) atoms. The third kappa shape index (κ3) is 3.92. The number of pyridine rings is 1.